The van der Waals surface area contributed by atoms with Crippen molar-refractivity contribution >= 4 is 17.2 Å². The van der Waals surface area contributed by atoms with Crippen LogP contribution >= 0.6 is 0 Å². The molecule has 0 saturated carbocycles. The first kappa shape index (κ1) is 22.3. The van der Waals surface area contributed by atoms with Crippen molar-refractivity contribution in [2.75, 3.05) is 23.4 Å². The molecule has 2 aliphatic heterocycles. The third kappa shape index (κ3) is 3.77. The van der Waals surface area contributed by atoms with Gasteiger partial charge in [-0.25, -0.2) is 0 Å². The van der Waals surface area contributed by atoms with Crippen LogP contribution in [-0.2, 0) is 23.1 Å². The van der Waals surface area contributed by atoms with Crippen LogP contribution in [0.4, 0.5) is 11.4 Å². The van der Waals surface area contributed by atoms with Gasteiger partial charge in [-0.3, -0.25) is 4.79 Å². The van der Waals surface area contributed by atoms with Crippen LogP contribution in [0.1, 0.15) is 37.5 Å². The first-order chi connectivity index (χ1) is 16.4. The van der Waals surface area contributed by atoms with Crippen LogP contribution in [0.3, 0.4) is 0 Å². The molecule has 0 N–H and O–H groups in total. The molecule has 0 radical (unpaired) electrons. The lowest BCUT2D eigenvalue weighted by atomic mass is 9.73. The van der Waals surface area contributed by atoms with Crippen LogP contribution in [0, 0.1) is 0 Å². The van der Waals surface area contributed by atoms with Gasteiger partial charge >= 0.3 is 0 Å². The second kappa shape index (κ2) is 8.68. The summed E-state index contributed by atoms with van der Waals surface area (Å²) in [6.07, 6.45) is 3.65. The number of carbonyl (C=O) groups is 1. The summed E-state index contributed by atoms with van der Waals surface area (Å²) in [5.74, 6) is 1.94. The molecule has 4 heteroatoms. The van der Waals surface area contributed by atoms with Gasteiger partial charge in [0, 0.05) is 31.1 Å². The summed E-state index contributed by atoms with van der Waals surface area (Å²) < 4.78 is 6.31. The maximum absolute atomic E-state index is 11.9. The van der Waals surface area contributed by atoms with E-state index in [1.54, 1.807) is 6.92 Å². The molecule has 2 aliphatic rings. The number of Topliss-reactive ketones (excluding diaryl/α,β-unsaturated/α-hetero) is 1. The first-order valence-corrected chi connectivity index (χ1v) is 12.1. The predicted molar refractivity (Wildman–Crippen MR) is 139 cm³/mol. The highest BCUT2D eigenvalue weighted by Gasteiger charge is 2.47. The topological polar surface area (TPSA) is 32.8 Å². The molecule has 0 spiro atoms. The number of hydrogen-bond donors (Lipinski definition) is 0. The molecule has 2 heterocycles. The van der Waals surface area contributed by atoms with Gasteiger partial charge in [0.1, 0.15) is 5.78 Å². The smallest absolute Gasteiger partial charge is 0.198 e. The van der Waals surface area contributed by atoms with Crippen molar-refractivity contribution in [1.29, 1.82) is 0 Å². The summed E-state index contributed by atoms with van der Waals surface area (Å²) >= 11 is 0. The average molecular weight is 453 g/mol. The van der Waals surface area contributed by atoms with Crippen molar-refractivity contribution in [3.63, 3.8) is 0 Å². The lowest BCUT2D eigenvalue weighted by Gasteiger charge is -2.35. The number of ketones is 1. The molecule has 0 aromatic heterocycles. The van der Waals surface area contributed by atoms with Crippen LogP contribution in [-0.4, -0.2) is 25.4 Å². The monoisotopic (exact) mass is 452 g/mol. The summed E-state index contributed by atoms with van der Waals surface area (Å²) in [5, 5.41) is 0. The Morgan fingerprint density at radius 3 is 2.44 bits per heavy atom. The number of anilines is 2. The van der Waals surface area contributed by atoms with E-state index in [-0.39, 0.29) is 17.2 Å². The standard InChI is InChI=1S/C30H32N2O2/c1-5-32-25-16-15-23(17-21(2)33)18-24(25)30(3,20-22-11-7-6-8-12-22)28(32)19-29-31(4)26-13-9-10-14-27(26)34-29/h6-16,18-19,28H,5,17,20H2,1-4H3/b29-19-. The van der Waals surface area contributed by atoms with Crippen LogP contribution in [0.2, 0.25) is 0 Å². The Labute approximate surface area is 202 Å². The zero-order valence-corrected chi connectivity index (χ0v) is 20.4. The number of fused-ring (bicyclic) bond motifs is 2. The van der Waals surface area contributed by atoms with Crippen molar-refractivity contribution in [3.8, 4) is 5.75 Å². The van der Waals surface area contributed by atoms with E-state index in [2.05, 4.69) is 91.4 Å². The second-order valence-corrected chi connectivity index (χ2v) is 9.67. The number of para-hydroxylation sites is 2. The van der Waals surface area contributed by atoms with E-state index in [0.717, 1.165) is 35.8 Å². The van der Waals surface area contributed by atoms with Gasteiger partial charge in [0.15, 0.2) is 11.6 Å². The van der Waals surface area contributed by atoms with E-state index in [0.29, 0.717) is 6.42 Å². The zero-order valence-electron chi connectivity index (χ0n) is 20.4. The molecule has 0 saturated heterocycles. The van der Waals surface area contributed by atoms with E-state index in [1.807, 2.05) is 18.2 Å². The number of hydrogen-bond acceptors (Lipinski definition) is 4. The van der Waals surface area contributed by atoms with Crippen LogP contribution < -0.4 is 14.5 Å². The van der Waals surface area contributed by atoms with Crippen molar-refractivity contribution < 1.29 is 9.53 Å². The molecule has 34 heavy (non-hydrogen) atoms. The number of ether oxygens (including phenoxy) is 1. The van der Waals surface area contributed by atoms with E-state index >= 15 is 0 Å². The SMILES string of the molecule is CCN1c2ccc(CC(C)=O)cc2C(C)(Cc2ccccc2)C1/C=C1\Oc2ccccc2N1C. The fourth-order valence-corrected chi connectivity index (χ4v) is 5.60. The van der Waals surface area contributed by atoms with E-state index in [4.69, 9.17) is 4.74 Å². The Morgan fingerprint density at radius 1 is 1.00 bits per heavy atom. The molecule has 174 valence electrons. The summed E-state index contributed by atoms with van der Waals surface area (Å²) in [4.78, 5) is 16.5. The quantitative estimate of drug-likeness (QED) is 0.466. The van der Waals surface area contributed by atoms with E-state index < -0.39 is 0 Å². The van der Waals surface area contributed by atoms with Crippen LogP contribution in [0.25, 0.3) is 0 Å². The third-order valence-electron chi connectivity index (χ3n) is 7.25. The molecule has 0 fully saturated rings. The Kier molecular flexibility index (Phi) is 5.68. The van der Waals surface area contributed by atoms with E-state index in [9.17, 15) is 4.79 Å². The largest absolute Gasteiger partial charge is 0.439 e. The van der Waals surface area contributed by atoms with Crippen molar-refractivity contribution in [2.45, 2.75) is 45.1 Å². The summed E-state index contributed by atoms with van der Waals surface area (Å²) in [6, 6.07) is 25.5. The predicted octanol–water partition coefficient (Wildman–Crippen LogP) is 5.90. The van der Waals surface area contributed by atoms with Gasteiger partial charge in [-0.05, 0) is 61.2 Å². The molecule has 0 amide bonds. The summed E-state index contributed by atoms with van der Waals surface area (Å²) in [7, 11) is 2.07. The van der Waals surface area contributed by atoms with Gasteiger partial charge in [0.05, 0.1) is 11.7 Å². The fourth-order valence-electron chi connectivity index (χ4n) is 5.60. The highest BCUT2D eigenvalue weighted by molar-refractivity contribution is 5.79. The first-order valence-electron chi connectivity index (χ1n) is 12.1. The molecule has 0 bridgehead atoms. The Hall–Kier alpha value is -3.53. The molecular weight excluding hydrogens is 420 g/mol. The number of nitrogens with zero attached hydrogens (tertiary/aromatic N) is 2. The molecule has 2 unspecified atom stereocenters. The molecule has 3 aromatic rings. The highest BCUT2D eigenvalue weighted by atomic mass is 16.5. The van der Waals surface area contributed by atoms with Crippen LogP contribution in [0.15, 0.2) is 84.8 Å². The number of likely N-dealkylation sites (N-methyl/N-ethyl adjacent to an activating group) is 1. The number of carbonyl (C=O) groups excluding carboxylic acids is 1. The lowest BCUT2D eigenvalue weighted by molar-refractivity contribution is -0.116. The minimum Gasteiger partial charge on any atom is -0.439 e. The number of benzene rings is 3. The fraction of sp³-hybridized carbons (Fsp3) is 0.300. The highest BCUT2D eigenvalue weighted by Crippen LogP contribution is 2.49. The minimum atomic E-state index is -0.189. The van der Waals surface area contributed by atoms with Gasteiger partial charge in [-0.2, -0.15) is 0 Å². The summed E-state index contributed by atoms with van der Waals surface area (Å²) in [6.45, 7) is 7.11. The Balaban J connectivity index is 1.62. The van der Waals surface area contributed by atoms with E-state index in [1.165, 1.54) is 16.8 Å². The lowest BCUT2D eigenvalue weighted by Crippen LogP contribution is -2.44. The molecular formula is C30H32N2O2. The van der Waals surface area contributed by atoms with Gasteiger partial charge in [-0.15, -0.1) is 0 Å². The van der Waals surface area contributed by atoms with Gasteiger partial charge in [0.25, 0.3) is 0 Å². The van der Waals surface area contributed by atoms with Gasteiger partial charge in [-0.1, -0.05) is 61.5 Å². The summed E-state index contributed by atoms with van der Waals surface area (Å²) in [5.41, 5.74) is 5.83. The average Bonchev–Trinajstić information content (AvgIpc) is 3.26. The van der Waals surface area contributed by atoms with Crippen molar-refractivity contribution in [2.24, 2.45) is 0 Å². The van der Waals surface area contributed by atoms with Crippen molar-refractivity contribution in [3.05, 3.63) is 101 Å². The molecule has 2 atom stereocenters. The van der Waals surface area contributed by atoms with Gasteiger partial charge < -0.3 is 14.5 Å². The Bertz CT molecular complexity index is 1250. The zero-order chi connectivity index (χ0) is 23.9. The number of rotatable bonds is 6. The Morgan fingerprint density at radius 2 is 1.74 bits per heavy atom. The molecule has 3 aromatic carbocycles. The second-order valence-electron chi connectivity index (χ2n) is 9.67. The maximum atomic E-state index is 11.9. The minimum absolute atomic E-state index is 0.104. The van der Waals surface area contributed by atoms with Crippen molar-refractivity contribution in [1.82, 2.24) is 0 Å². The van der Waals surface area contributed by atoms with Crippen LogP contribution in [0.5, 0.6) is 5.75 Å². The van der Waals surface area contributed by atoms with Gasteiger partial charge in [0.2, 0.25) is 0 Å². The molecule has 5 rings (SSSR count). The normalized spacial score (nSPS) is 22.0. The molecule has 4 nitrogen and oxygen atoms in total. The maximum Gasteiger partial charge on any atom is 0.198 e. The molecule has 0 aliphatic carbocycles. The third-order valence-corrected chi connectivity index (χ3v) is 7.25.